The zero-order valence-electron chi connectivity index (χ0n) is 12.7. The van der Waals surface area contributed by atoms with Crippen LogP contribution in [0.2, 0.25) is 0 Å². The maximum absolute atomic E-state index is 12.1. The largest absolute Gasteiger partial charge is 0.493 e. The molecule has 0 fully saturated rings. The van der Waals surface area contributed by atoms with E-state index in [1.807, 2.05) is 18.2 Å². The van der Waals surface area contributed by atoms with E-state index < -0.39 is 22.0 Å². The first kappa shape index (κ1) is 16.8. The van der Waals surface area contributed by atoms with Gasteiger partial charge >= 0.3 is 5.97 Å². The highest BCUT2D eigenvalue weighted by Gasteiger charge is 2.26. The summed E-state index contributed by atoms with van der Waals surface area (Å²) in [6.45, 7) is 4.00. The van der Waals surface area contributed by atoms with E-state index in [9.17, 15) is 13.2 Å². The molecule has 122 valence electrons. The van der Waals surface area contributed by atoms with Crippen molar-refractivity contribution in [3.05, 3.63) is 29.3 Å². The Balaban J connectivity index is 1.99. The van der Waals surface area contributed by atoms with Crippen LogP contribution >= 0.6 is 0 Å². The Bertz CT molecular complexity index is 654. The van der Waals surface area contributed by atoms with Crippen molar-refractivity contribution < 1.29 is 23.1 Å². The third-order valence-corrected chi connectivity index (χ3v) is 5.01. The normalized spacial score (nSPS) is 15.4. The fourth-order valence-corrected chi connectivity index (χ4v) is 3.75. The average molecular weight is 327 g/mol. The van der Waals surface area contributed by atoms with Gasteiger partial charge in [0.1, 0.15) is 11.8 Å². The molecular weight excluding hydrogens is 306 g/mol. The Hall–Kier alpha value is -1.60. The van der Waals surface area contributed by atoms with Crippen molar-refractivity contribution in [2.24, 2.45) is 5.92 Å². The highest BCUT2D eigenvalue weighted by Crippen LogP contribution is 2.26. The maximum Gasteiger partial charge on any atom is 0.321 e. The van der Waals surface area contributed by atoms with E-state index in [1.165, 1.54) is 0 Å². The van der Waals surface area contributed by atoms with Gasteiger partial charge in [-0.2, -0.15) is 0 Å². The number of hydrogen-bond donors (Lipinski definition) is 2. The van der Waals surface area contributed by atoms with Crippen LogP contribution in [-0.2, 0) is 27.7 Å². The molecule has 0 spiro atoms. The van der Waals surface area contributed by atoms with Gasteiger partial charge in [0.15, 0.2) is 0 Å². The monoisotopic (exact) mass is 327 g/mol. The predicted molar refractivity (Wildman–Crippen MR) is 82.5 cm³/mol. The SMILES string of the molecule is CC(C)[C@@H](NS(=O)(=O)CCc1ccc2c(c1)CCO2)C(=O)O. The van der Waals surface area contributed by atoms with E-state index >= 15 is 0 Å². The number of carbonyl (C=O) groups is 1. The number of ether oxygens (including phenoxy) is 1. The topological polar surface area (TPSA) is 92.7 Å². The second-order valence-corrected chi connectivity index (χ2v) is 7.66. The van der Waals surface area contributed by atoms with Crippen molar-refractivity contribution in [2.75, 3.05) is 12.4 Å². The lowest BCUT2D eigenvalue weighted by Crippen LogP contribution is -2.45. The zero-order chi connectivity index (χ0) is 16.3. The van der Waals surface area contributed by atoms with Gasteiger partial charge in [-0.15, -0.1) is 0 Å². The van der Waals surface area contributed by atoms with Crippen LogP contribution < -0.4 is 9.46 Å². The maximum atomic E-state index is 12.1. The van der Waals surface area contributed by atoms with Crippen LogP contribution in [0.4, 0.5) is 0 Å². The van der Waals surface area contributed by atoms with Crippen molar-refractivity contribution >= 4 is 16.0 Å². The first-order valence-corrected chi connectivity index (χ1v) is 8.91. The molecule has 0 saturated carbocycles. The van der Waals surface area contributed by atoms with Crippen LogP contribution in [0.5, 0.6) is 5.75 Å². The van der Waals surface area contributed by atoms with E-state index in [0.29, 0.717) is 13.0 Å². The molecule has 0 aromatic heterocycles. The number of aryl methyl sites for hydroxylation is 1. The molecule has 7 heteroatoms. The highest BCUT2D eigenvalue weighted by molar-refractivity contribution is 7.89. The third kappa shape index (κ3) is 4.20. The molecule has 22 heavy (non-hydrogen) atoms. The smallest absolute Gasteiger partial charge is 0.321 e. The summed E-state index contributed by atoms with van der Waals surface area (Å²) in [6, 6.07) is 4.55. The number of hydrogen-bond acceptors (Lipinski definition) is 4. The van der Waals surface area contributed by atoms with Gasteiger partial charge in [0.05, 0.1) is 12.4 Å². The van der Waals surface area contributed by atoms with Crippen molar-refractivity contribution in [2.45, 2.75) is 32.7 Å². The number of carboxylic acids is 1. The molecule has 0 aliphatic carbocycles. The lowest BCUT2D eigenvalue weighted by atomic mass is 10.1. The molecule has 1 aromatic rings. The zero-order valence-corrected chi connectivity index (χ0v) is 13.5. The molecule has 1 aromatic carbocycles. The number of carboxylic acid groups (broad SMARTS) is 1. The Morgan fingerprint density at radius 1 is 1.41 bits per heavy atom. The number of benzene rings is 1. The van der Waals surface area contributed by atoms with Gasteiger partial charge in [0, 0.05) is 6.42 Å². The summed E-state index contributed by atoms with van der Waals surface area (Å²) < 4.78 is 31.8. The van der Waals surface area contributed by atoms with Gasteiger partial charge in [-0.25, -0.2) is 13.1 Å². The van der Waals surface area contributed by atoms with Crippen molar-refractivity contribution in [1.29, 1.82) is 0 Å². The molecule has 0 unspecified atom stereocenters. The lowest BCUT2D eigenvalue weighted by molar-refractivity contribution is -0.140. The van der Waals surface area contributed by atoms with E-state index in [4.69, 9.17) is 9.84 Å². The fraction of sp³-hybridized carbons (Fsp3) is 0.533. The van der Waals surface area contributed by atoms with Gasteiger partial charge < -0.3 is 9.84 Å². The number of aliphatic carboxylic acids is 1. The number of rotatable bonds is 7. The summed E-state index contributed by atoms with van der Waals surface area (Å²) in [5.74, 6) is -0.753. The minimum atomic E-state index is -3.65. The summed E-state index contributed by atoms with van der Waals surface area (Å²) in [6.07, 6.45) is 1.18. The third-order valence-electron chi connectivity index (χ3n) is 3.65. The lowest BCUT2D eigenvalue weighted by Gasteiger charge is -2.18. The molecule has 1 aliphatic rings. The van der Waals surface area contributed by atoms with Crippen LogP contribution in [0.15, 0.2) is 18.2 Å². The molecule has 6 nitrogen and oxygen atoms in total. The van der Waals surface area contributed by atoms with Gasteiger partial charge in [0.25, 0.3) is 0 Å². The Labute approximate surface area is 130 Å². The summed E-state index contributed by atoms with van der Waals surface area (Å²) in [7, 11) is -3.65. The molecule has 2 N–H and O–H groups in total. The van der Waals surface area contributed by atoms with Crippen molar-refractivity contribution in [3.8, 4) is 5.75 Å². The number of nitrogens with one attached hydrogen (secondary N) is 1. The Morgan fingerprint density at radius 3 is 2.77 bits per heavy atom. The molecule has 1 aliphatic heterocycles. The molecule has 0 saturated heterocycles. The number of fused-ring (bicyclic) bond motifs is 1. The van der Waals surface area contributed by atoms with Crippen LogP contribution in [-0.4, -0.2) is 37.9 Å². The minimum Gasteiger partial charge on any atom is -0.493 e. The summed E-state index contributed by atoms with van der Waals surface area (Å²) in [5, 5.41) is 9.06. The molecule has 0 amide bonds. The highest BCUT2D eigenvalue weighted by atomic mass is 32.2. The van der Waals surface area contributed by atoms with Crippen molar-refractivity contribution in [3.63, 3.8) is 0 Å². The molecule has 1 atom stereocenters. The van der Waals surface area contributed by atoms with E-state index in [0.717, 1.165) is 23.3 Å². The van der Waals surface area contributed by atoms with E-state index in [2.05, 4.69) is 4.72 Å². The van der Waals surface area contributed by atoms with Gasteiger partial charge in [-0.05, 0) is 29.5 Å². The summed E-state index contributed by atoms with van der Waals surface area (Å²) >= 11 is 0. The first-order valence-electron chi connectivity index (χ1n) is 7.26. The predicted octanol–water partition coefficient (Wildman–Crippen LogP) is 1.19. The molecule has 0 bridgehead atoms. The van der Waals surface area contributed by atoms with E-state index in [-0.39, 0.29) is 11.7 Å². The van der Waals surface area contributed by atoms with Crippen molar-refractivity contribution in [1.82, 2.24) is 4.72 Å². The average Bonchev–Trinajstić information content (AvgIpc) is 2.89. The van der Waals surface area contributed by atoms with Gasteiger partial charge in [0.2, 0.25) is 10.0 Å². The van der Waals surface area contributed by atoms with Crippen LogP contribution in [0.25, 0.3) is 0 Å². The molecule has 0 radical (unpaired) electrons. The van der Waals surface area contributed by atoms with Crippen LogP contribution in [0.1, 0.15) is 25.0 Å². The second kappa shape index (κ2) is 6.66. The summed E-state index contributed by atoms with van der Waals surface area (Å²) in [5.41, 5.74) is 2.00. The minimum absolute atomic E-state index is 0.136. The molecule has 1 heterocycles. The Kier molecular flexibility index (Phi) is 5.08. The Morgan fingerprint density at radius 2 is 2.14 bits per heavy atom. The van der Waals surface area contributed by atoms with E-state index in [1.54, 1.807) is 13.8 Å². The van der Waals surface area contributed by atoms with Crippen LogP contribution in [0.3, 0.4) is 0 Å². The standard InChI is InChI=1S/C15H21NO5S/c1-10(2)14(15(17)18)16-22(19,20)8-6-11-3-4-13-12(9-11)5-7-21-13/h3-4,9-10,14,16H,5-8H2,1-2H3,(H,17,18)/t14-/m1/s1. The fourth-order valence-electron chi connectivity index (χ4n) is 2.37. The molecular formula is C15H21NO5S. The number of sulfonamides is 1. The van der Waals surface area contributed by atoms with Gasteiger partial charge in [-0.1, -0.05) is 26.0 Å². The summed E-state index contributed by atoms with van der Waals surface area (Å²) in [4.78, 5) is 11.1. The first-order chi connectivity index (χ1) is 10.3. The second-order valence-electron chi connectivity index (χ2n) is 5.79. The van der Waals surface area contributed by atoms with Crippen LogP contribution in [0, 0.1) is 5.92 Å². The molecule has 2 rings (SSSR count). The quantitative estimate of drug-likeness (QED) is 0.785. The van der Waals surface area contributed by atoms with Gasteiger partial charge in [-0.3, -0.25) is 4.79 Å².